The van der Waals surface area contributed by atoms with E-state index in [0.717, 1.165) is 105 Å². The van der Waals surface area contributed by atoms with Gasteiger partial charge in [0.05, 0.1) is 37.6 Å². The third-order valence-corrected chi connectivity index (χ3v) is 16.9. The first kappa shape index (κ1) is 53.7. The summed E-state index contributed by atoms with van der Waals surface area (Å²) in [6.07, 6.45) is 13.2. The minimum Gasteiger partial charge on any atom is -0.493 e. The van der Waals surface area contributed by atoms with Gasteiger partial charge in [0.15, 0.2) is 0 Å². The van der Waals surface area contributed by atoms with E-state index in [-0.39, 0.29) is 11.9 Å². The molecule has 0 saturated heterocycles. The van der Waals surface area contributed by atoms with Gasteiger partial charge in [0.2, 0.25) is 0 Å². The van der Waals surface area contributed by atoms with Crippen LogP contribution in [0.25, 0.3) is 122 Å². The topological polar surface area (TPSA) is 71.1 Å². The molecule has 6 heteroatoms. The van der Waals surface area contributed by atoms with Gasteiger partial charge in [0.1, 0.15) is 11.5 Å². The Morgan fingerprint density at radius 1 is 0.279 bits per heavy atom. The average molecular weight is 1120 g/mol. The molecule has 14 aromatic rings. The fraction of sp³-hybridized carbons (Fsp3) is 0.125. The van der Waals surface area contributed by atoms with Crippen molar-refractivity contribution in [3.63, 3.8) is 0 Å². The van der Waals surface area contributed by atoms with Crippen LogP contribution in [0.2, 0.25) is 0 Å². The van der Waals surface area contributed by atoms with Gasteiger partial charge in [-0.1, -0.05) is 218 Å². The van der Waals surface area contributed by atoms with Crippen LogP contribution in [0.5, 0.6) is 11.5 Å². The highest BCUT2D eigenvalue weighted by Crippen LogP contribution is 2.46. The van der Waals surface area contributed by atoms with Crippen LogP contribution in [-0.2, 0) is 9.47 Å². The molecule has 14 rings (SSSR count). The minimum atomic E-state index is -0.321. The molecule has 0 saturated carbocycles. The highest BCUT2D eigenvalue weighted by atomic mass is 16.5. The van der Waals surface area contributed by atoms with Crippen LogP contribution in [0.1, 0.15) is 81.5 Å². The summed E-state index contributed by atoms with van der Waals surface area (Å²) in [5, 5.41) is 19.6. The van der Waals surface area contributed by atoms with Crippen LogP contribution in [0.3, 0.4) is 0 Å². The fourth-order valence-corrected chi connectivity index (χ4v) is 12.5. The van der Waals surface area contributed by atoms with Gasteiger partial charge in [-0.05, 0) is 183 Å². The Balaban J connectivity index is 0.557. The van der Waals surface area contributed by atoms with Gasteiger partial charge in [-0.3, -0.25) is 0 Å². The third kappa shape index (κ3) is 10.8. The lowest BCUT2D eigenvalue weighted by atomic mass is 9.92. The lowest BCUT2D eigenvalue weighted by Crippen LogP contribution is -2.07. The van der Waals surface area contributed by atoms with Crippen LogP contribution < -0.4 is 9.47 Å². The van der Waals surface area contributed by atoms with Gasteiger partial charge in [0.25, 0.3) is 0 Å². The Morgan fingerprint density at radius 3 is 1.06 bits per heavy atom. The van der Waals surface area contributed by atoms with E-state index >= 15 is 0 Å². The molecule has 0 amide bonds. The standard InChI is InChI=1S/C80H62O6/c81-79(65-29-23-53(24-30-65)21-27-57-33-35-63-39-37-59-15-11-17-61-41-45-69(57)75(63)73(59)61)85-51-9-1-7-49-83-71-47-43-55-13-3-5-19-67(55)77(71)78-68-20-6-4-14-56(68)44-48-72(78)84-50-8-2-10-52-86-80(82)66-31-25-54(26-32-66)22-28-58-34-36-64-40-38-60-16-12-18-62-42-46-70(58)76(64)74(60)62/h3-6,11-48H,1-2,7-10,49-52H2/b27-21+,28-22+. The molecule has 0 heterocycles. The summed E-state index contributed by atoms with van der Waals surface area (Å²) in [7, 11) is 0. The molecule has 0 aliphatic rings. The summed E-state index contributed by atoms with van der Waals surface area (Å²) in [6.45, 7) is 1.66. The van der Waals surface area contributed by atoms with Crippen molar-refractivity contribution in [1.82, 2.24) is 0 Å². The Labute approximate surface area is 499 Å². The van der Waals surface area contributed by atoms with Crippen LogP contribution in [-0.4, -0.2) is 38.4 Å². The first-order chi connectivity index (χ1) is 42.5. The highest BCUT2D eigenvalue weighted by Gasteiger charge is 2.20. The molecule has 0 aliphatic carbocycles. The van der Waals surface area contributed by atoms with Crippen LogP contribution in [0.15, 0.2) is 231 Å². The number of hydrogen-bond donors (Lipinski definition) is 0. The van der Waals surface area contributed by atoms with E-state index in [1.54, 1.807) is 0 Å². The molecule has 418 valence electrons. The first-order valence-electron chi connectivity index (χ1n) is 30.0. The van der Waals surface area contributed by atoms with Gasteiger partial charge in [-0.2, -0.15) is 0 Å². The van der Waals surface area contributed by atoms with Crippen molar-refractivity contribution in [3.8, 4) is 22.6 Å². The Morgan fingerprint density at radius 2 is 0.628 bits per heavy atom. The van der Waals surface area contributed by atoms with E-state index in [9.17, 15) is 9.59 Å². The maximum absolute atomic E-state index is 13.1. The number of carbonyl (C=O) groups is 2. The SMILES string of the molecule is O=C(OCCCCCOc1ccc2ccccc2c1-c1c(OCCCCCOC(=O)c2ccc(/C=C/c3ccc4ccc5cccc6ccc3c4c56)cc2)ccc2ccccc12)c1ccc(/C=C/c2ccc3ccc4cccc5ccc2c3c45)cc1. The molecule has 86 heavy (non-hydrogen) atoms. The Bertz CT molecular complexity index is 4520. The molecular formula is C80H62O6. The maximum Gasteiger partial charge on any atom is 0.338 e. The Hall–Kier alpha value is -10.3. The molecule has 0 fully saturated rings. The summed E-state index contributed by atoms with van der Waals surface area (Å²) in [5.41, 5.74) is 7.40. The van der Waals surface area contributed by atoms with Gasteiger partial charge in [-0.25, -0.2) is 9.59 Å². The number of esters is 2. The Kier molecular flexibility index (Phi) is 15.1. The molecule has 0 aromatic heterocycles. The van der Waals surface area contributed by atoms with E-state index in [1.807, 2.05) is 48.5 Å². The number of benzene rings is 14. The van der Waals surface area contributed by atoms with Crippen molar-refractivity contribution in [2.24, 2.45) is 0 Å². The van der Waals surface area contributed by atoms with Gasteiger partial charge < -0.3 is 18.9 Å². The monoisotopic (exact) mass is 1120 g/mol. The van der Waals surface area contributed by atoms with Crippen molar-refractivity contribution >= 4 is 122 Å². The number of ether oxygens (including phenoxy) is 4. The molecule has 0 atom stereocenters. The van der Waals surface area contributed by atoms with Crippen molar-refractivity contribution in [2.45, 2.75) is 38.5 Å². The number of unbranched alkanes of at least 4 members (excludes halogenated alkanes) is 4. The molecule has 14 aromatic carbocycles. The number of rotatable bonds is 21. The summed E-state index contributed by atoms with van der Waals surface area (Å²) in [5.74, 6) is 0.938. The summed E-state index contributed by atoms with van der Waals surface area (Å²) in [4.78, 5) is 26.2. The zero-order valence-corrected chi connectivity index (χ0v) is 47.8. The largest absolute Gasteiger partial charge is 0.493 e. The van der Waals surface area contributed by atoms with Gasteiger partial charge in [0, 0.05) is 11.1 Å². The third-order valence-electron chi connectivity index (χ3n) is 16.9. The molecule has 6 nitrogen and oxygen atoms in total. The van der Waals surface area contributed by atoms with Gasteiger partial charge >= 0.3 is 11.9 Å². The van der Waals surface area contributed by atoms with Crippen molar-refractivity contribution < 1.29 is 28.5 Å². The molecule has 0 aliphatic heterocycles. The van der Waals surface area contributed by atoms with Gasteiger partial charge in [-0.15, -0.1) is 0 Å². The van der Waals surface area contributed by atoms with E-state index in [2.05, 4.69) is 206 Å². The van der Waals surface area contributed by atoms with E-state index < -0.39 is 0 Å². The fourth-order valence-electron chi connectivity index (χ4n) is 12.5. The molecule has 0 unspecified atom stereocenters. The lowest BCUT2D eigenvalue weighted by molar-refractivity contribution is 0.0487. The normalized spacial score (nSPS) is 12.0. The number of fused-ring (bicyclic) bond motifs is 2. The number of carbonyl (C=O) groups excluding carboxylic acids is 2. The highest BCUT2D eigenvalue weighted by molar-refractivity contribution is 6.25. The molecule has 0 radical (unpaired) electrons. The predicted octanol–water partition coefficient (Wildman–Crippen LogP) is 20.6. The summed E-state index contributed by atoms with van der Waals surface area (Å²) in [6, 6.07) is 79.8. The summed E-state index contributed by atoms with van der Waals surface area (Å²) >= 11 is 0. The second kappa shape index (κ2) is 24.1. The second-order valence-corrected chi connectivity index (χ2v) is 22.3. The zero-order chi connectivity index (χ0) is 57.8. The molecule has 0 bridgehead atoms. The smallest absolute Gasteiger partial charge is 0.338 e. The molecule has 0 spiro atoms. The second-order valence-electron chi connectivity index (χ2n) is 22.3. The van der Waals surface area contributed by atoms with Crippen LogP contribution in [0, 0.1) is 0 Å². The first-order valence-corrected chi connectivity index (χ1v) is 30.0. The zero-order valence-electron chi connectivity index (χ0n) is 47.8. The summed E-state index contributed by atoms with van der Waals surface area (Å²) < 4.78 is 24.8. The molecular weight excluding hydrogens is 1060 g/mol. The van der Waals surface area contributed by atoms with Crippen molar-refractivity contribution in [2.75, 3.05) is 26.4 Å². The number of hydrogen-bond acceptors (Lipinski definition) is 6. The lowest BCUT2D eigenvalue weighted by Gasteiger charge is -2.20. The van der Waals surface area contributed by atoms with Crippen molar-refractivity contribution in [1.29, 1.82) is 0 Å². The quantitative estimate of drug-likeness (QED) is 0.0309. The average Bonchev–Trinajstić information content (AvgIpc) is 0.978. The van der Waals surface area contributed by atoms with E-state index in [4.69, 9.17) is 18.9 Å². The van der Waals surface area contributed by atoms with Crippen LogP contribution >= 0.6 is 0 Å². The molecule has 0 N–H and O–H groups in total. The van der Waals surface area contributed by atoms with Crippen molar-refractivity contribution in [3.05, 3.63) is 264 Å². The maximum atomic E-state index is 13.1. The van der Waals surface area contributed by atoms with E-state index in [1.165, 1.54) is 64.6 Å². The van der Waals surface area contributed by atoms with E-state index in [0.29, 0.717) is 37.6 Å². The minimum absolute atomic E-state index is 0.321. The van der Waals surface area contributed by atoms with Crippen LogP contribution in [0.4, 0.5) is 0 Å². The predicted molar refractivity (Wildman–Crippen MR) is 357 cm³/mol.